The predicted molar refractivity (Wildman–Crippen MR) is 172 cm³/mol. The van der Waals surface area contributed by atoms with E-state index in [0.29, 0.717) is 25.6 Å². The number of carbonyl (C=O) groups excluding carboxylic acids is 2. The van der Waals surface area contributed by atoms with Gasteiger partial charge in [-0.1, -0.05) is 56.6 Å². The molecule has 12 heteroatoms. The Morgan fingerprint density at radius 2 is 1.83 bits per heavy atom. The molecule has 1 saturated carbocycles. The van der Waals surface area contributed by atoms with E-state index in [9.17, 15) is 19.1 Å². The average Bonchev–Trinajstić information content (AvgIpc) is 3.90. The van der Waals surface area contributed by atoms with Crippen molar-refractivity contribution in [2.24, 2.45) is 17.0 Å². The van der Waals surface area contributed by atoms with Crippen LogP contribution in [-0.4, -0.2) is 62.0 Å². The van der Waals surface area contributed by atoms with Crippen molar-refractivity contribution in [2.75, 3.05) is 26.9 Å². The van der Waals surface area contributed by atoms with Crippen LogP contribution in [0.5, 0.6) is 5.75 Å². The van der Waals surface area contributed by atoms with E-state index in [1.807, 2.05) is 26.0 Å². The van der Waals surface area contributed by atoms with E-state index in [1.165, 1.54) is 17.7 Å². The number of hydrogen-bond donors (Lipinski definition) is 3. The van der Waals surface area contributed by atoms with Crippen molar-refractivity contribution in [2.45, 2.75) is 90.1 Å². The molecule has 0 aliphatic heterocycles. The number of methoxy groups -OCH3 is 1. The van der Waals surface area contributed by atoms with Gasteiger partial charge in [-0.2, -0.15) is 0 Å². The predicted octanol–water partition coefficient (Wildman–Crippen LogP) is 5.55. The molecule has 0 unspecified atom stereocenters. The summed E-state index contributed by atoms with van der Waals surface area (Å²) in [5.74, 6) is -0.607. The lowest BCUT2D eigenvalue weighted by Crippen LogP contribution is -2.51. The number of nitrogens with one attached hydrogen (secondary N) is 2. The minimum atomic E-state index is -1.15. The summed E-state index contributed by atoms with van der Waals surface area (Å²) in [5, 5.41) is 20.3. The number of hydrogen-bond acceptors (Lipinski definition) is 7. The van der Waals surface area contributed by atoms with Gasteiger partial charge in [-0.3, -0.25) is 9.59 Å². The van der Waals surface area contributed by atoms with Crippen molar-refractivity contribution >= 4 is 11.8 Å². The Bertz CT molecular complexity index is 1300. The number of carbonyl (C=O) groups is 2. The highest BCUT2D eigenvalue weighted by molar-refractivity contribution is 5.88. The Morgan fingerprint density at radius 1 is 1.11 bits per heavy atom. The molecule has 1 aliphatic rings. The molecule has 0 bridgehead atoms. The van der Waals surface area contributed by atoms with Crippen LogP contribution in [0.15, 0.2) is 47.6 Å². The summed E-state index contributed by atoms with van der Waals surface area (Å²) < 4.78 is 30.2. The topological polar surface area (TPSA) is 155 Å². The summed E-state index contributed by atoms with van der Waals surface area (Å²) >= 11 is 0. The van der Waals surface area contributed by atoms with Gasteiger partial charge in [-0.05, 0) is 71.5 Å². The van der Waals surface area contributed by atoms with Crippen molar-refractivity contribution < 1.29 is 33.3 Å². The van der Waals surface area contributed by atoms with Crippen LogP contribution in [0.3, 0.4) is 0 Å². The van der Waals surface area contributed by atoms with Gasteiger partial charge in [0.05, 0.1) is 32.0 Å². The molecule has 46 heavy (non-hydrogen) atoms. The molecular formula is C34H48FN5O6. The fraction of sp³-hybridized carbons (Fsp3) is 0.588. The molecule has 5 atom stereocenters. The molecule has 0 aromatic heterocycles. The number of aliphatic hydroxyl groups is 1. The molecule has 2 aromatic rings. The molecule has 3 rings (SSSR count). The first-order valence-corrected chi connectivity index (χ1v) is 16.0. The maximum absolute atomic E-state index is 13.2. The van der Waals surface area contributed by atoms with Crippen LogP contribution >= 0.6 is 0 Å². The molecule has 0 saturated heterocycles. The fourth-order valence-corrected chi connectivity index (χ4v) is 5.02. The number of benzene rings is 2. The summed E-state index contributed by atoms with van der Waals surface area (Å²) in [6.45, 7) is 6.98. The van der Waals surface area contributed by atoms with Crippen molar-refractivity contribution in [3.05, 3.63) is 75.4 Å². The largest absolute Gasteiger partial charge is 0.493 e. The number of aliphatic hydroxyl groups excluding tert-OH is 1. The van der Waals surface area contributed by atoms with Crippen LogP contribution in [0.25, 0.3) is 10.4 Å². The highest BCUT2D eigenvalue weighted by Crippen LogP contribution is 2.44. The second-order valence-corrected chi connectivity index (χ2v) is 12.0. The average molecular weight is 642 g/mol. The molecule has 0 radical (unpaired) electrons. The van der Waals surface area contributed by atoms with Gasteiger partial charge in [0.15, 0.2) is 0 Å². The fourth-order valence-electron chi connectivity index (χ4n) is 5.02. The number of halogens is 1. The highest BCUT2D eigenvalue weighted by atomic mass is 19.1. The van der Waals surface area contributed by atoms with Crippen LogP contribution in [0.4, 0.5) is 4.39 Å². The first kappa shape index (κ1) is 36.8. The Hall–Kier alpha value is -3.70. The maximum atomic E-state index is 13.2. The SMILES string of the molecule is CC[C@H](C)[C@H](NC(=O)[C@H](C)C[C@H](O)[C@H](COCc1ccc(C2CC2)c(OCCCOC)c1)N=[N+]=[N-])C(=O)NCc1ccc(F)cc1. The van der Waals surface area contributed by atoms with Crippen LogP contribution in [-0.2, 0) is 32.2 Å². The van der Waals surface area contributed by atoms with Crippen molar-refractivity contribution in [3.8, 4) is 5.75 Å². The zero-order valence-corrected chi connectivity index (χ0v) is 27.3. The molecule has 1 fully saturated rings. The number of azide groups is 1. The van der Waals surface area contributed by atoms with Crippen LogP contribution < -0.4 is 15.4 Å². The Kier molecular flexibility index (Phi) is 15.2. The Balaban J connectivity index is 1.53. The van der Waals surface area contributed by atoms with Crippen molar-refractivity contribution in [1.82, 2.24) is 10.6 Å². The first-order valence-electron chi connectivity index (χ1n) is 16.0. The van der Waals surface area contributed by atoms with Crippen molar-refractivity contribution in [3.63, 3.8) is 0 Å². The van der Waals surface area contributed by atoms with Gasteiger partial charge in [0, 0.05) is 37.5 Å². The molecule has 252 valence electrons. The normalized spacial score (nSPS) is 16.0. The van der Waals surface area contributed by atoms with E-state index in [2.05, 4.69) is 26.7 Å². The summed E-state index contributed by atoms with van der Waals surface area (Å²) in [5.41, 5.74) is 11.9. The molecule has 2 aromatic carbocycles. The maximum Gasteiger partial charge on any atom is 0.243 e. The first-order chi connectivity index (χ1) is 22.2. The van der Waals surface area contributed by atoms with Crippen LogP contribution in [0, 0.1) is 17.7 Å². The minimum Gasteiger partial charge on any atom is -0.493 e. The lowest BCUT2D eigenvalue weighted by Gasteiger charge is -2.26. The van der Waals surface area contributed by atoms with Gasteiger partial charge in [-0.15, -0.1) is 0 Å². The second kappa shape index (κ2) is 19.1. The quantitative estimate of drug-likeness (QED) is 0.0703. The third-order valence-corrected chi connectivity index (χ3v) is 8.26. The summed E-state index contributed by atoms with van der Waals surface area (Å²) in [6, 6.07) is 10.1. The molecule has 0 spiro atoms. The highest BCUT2D eigenvalue weighted by Gasteiger charge is 2.30. The summed E-state index contributed by atoms with van der Waals surface area (Å²) in [6.07, 6.45) is 2.58. The van der Waals surface area contributed by atoms with E-state index in [-0.39, 0.29) is 43.8 Å². The number of ether oxygens (including phenoxy) is 3. The lowest BCUT2D eigenvalue weighted by molar-refractivity contribution is -0.132. The van der Waals surface area contributed by atoms with Gasteiger partial charge in [0.25, 0.3) is 0 Å². The molecule has 0 heterocycles. The van der Waals surface area contributed by atoms with Gasteiger partial charge < -0.3 is 30.0 Å². The van der Waals surface area contributed by atoms with E-state index >= 15 is 0 Å². The Labute approximate surface area is 270 Å². The summed E-state index contributed by atoms with van der Waals surface area (Å²) in [4.78, 5) is 29.0. The second-order valence-electron chi connectivity index (χ2n) is 12.0. The van der Waals surface area contributed by atoms with E-state index < -0.39 is 30.0 Å². The van der Waals surface area contributed by atoms with Crippen molar-refractivity contribution in [1.29, 1.82) is 0 Å². The van der Waals surface area contributed by atoms with Gasteiger partial charge in [0.1, 0.15) is 17.6 Å². The molecule has 2 amide bonds. The van der Waals surface area contributed by atoms with Gasteiger partial charge in [-0.25, -0.2) is 4.39 Å². The lowest BCUT2D eigenvalue weighted by atomic mass is 9.95. The summed E-state index contributed by atoms with van der Waals surface area (Å²) in [7, 11) is 1.66. The third-order valence-electron chi connectivity index (χ3n) is 8.26. The van der Waals surface area contributed by atoms with E-state index in [4.69, 9.17) is 19.7 Å². The molecule has 1 aliphatic carbocycles. The van der Waals surface area contributed by atoms with Gasteiger partial charge >= 0.3 is 0 Å². The number of amides is 2. The monoisotopic (exact) mass is 641 g/mol. The van der Waals surface area contributed by atoms with Crippen LogP contribution in [0.2, 0.25) is 0 Å². The van der Waals surface area contributed by atoms with Crippen LogP contribution in [0.1, 0.15) is 75.5 Å². The van der Waals surface area contributed by atoms with E-state index in [1.54, 1.807) is 26.2 Å². The Morgan fingerprint density at radius 3 is 2.48 bits per heavy atom. The standard InChI is InChI=1S/C34H48FN5O6/c1-5-22(2)32(34(43)37-19-24-7-12-27(35)13-8-24)38-33(42)23(3)17-30(41)29(39-40-36)21-45-20-25-9-14-28(26-10-11-26)31(18-25)46-16-6-15-44-4/h7-9,12-14,18,22-23,26,29-30,32,41H,5-6,10-11,15-17,19-21H2,1-4H3,(H,37,43)(H,38,42)/t22-,23+,29-,30-,32-/m0/s1. The molecule has 11 nitrogen and oxygen atoms in total. The number of nitrogens with zero attached hydrogens (tertiary/aromatic N) is 3. The molecular weight excluding hydrogens is 593 g/mol. The van der Waals surface area contributed by atoms with E-state index in [0.717, 1.165) is 36.1 Å². The zero-order chi connectivity index (χ0) is 33.5. The zero-order valence-electron chi connectivity index (χ0n) is 27.3. The smallest absolute Gasteiger partial charge is 0.243 e. The minimum absolute atomic E-state index is 0.00114. The van der Waals surface area contributed by atoms with Gasteiger partial charge in [0.2, 0.25) is 11.8 Å². The molecule has 3 N–H and O–H groups in total. The third kappa shape index (κ3) is 11.9. The number of rotatable bonds is 21.